The van der Waals surface area contributed by atoms with E-state index in [9.17, 15) is 18.5 Å². The van der Waals surface area contributed by atoms with Crippen molar-refractivity contribution in [1.29, 1.82) is 0 Å². The maximum atomic E-state index is 12.5. The molecule has 1 saturated heterocycles. The maximum Gasteiger partial charge on any atom is 0.269 e. The van der Waals surface area contributed by atoms with E-state index in [1.807, 2.05) is 13.8 Å². The molecule has 1 aliphatic heterocycles. The Hall–Kier alpha value is -1.22. The Balaban J connectivity index is 0.00000242. The molecule has 1 fully saturated rings. The summed E-state index contributed by atoms with van der Waals surface area (Å²) in [5.41, 5.74) is 0.513. The normalized spacial score (nSPS) is 22.8. The van der Waals surface area contributed by atoms with Crippen molar-refractivity contribution in [1.82, 2.24) is 9.62 Å². The highest BCUT2D eigenvalue weighted by atomic mass is 35.5. The highest BCUT2D eigenvalue weighted by Crippen LogP contribution is 2.19. The Morgan fingerprint density at radius 1 is 1.32 bits per heavy atom. The van der Waals surface area contributed by atoms with Crippen LogP contribution in [0.25, 0.3) is 0 Å². The minimum Gasteiger partial charge on any atom is -0.311 e. The molecule has 1 N–H and O–H groups in total. The third-order valence-corrected chi connectivity index (χ3v) is 5.76. The summed E-state index contributed by atoms with van der Waals surface area (Å²) >= 11 is 0. The van der Waals surface area contributed by atoms with Crippen LogP contribution in [0.5, 0.6) is 0 Å². The average molecular weight is 350 g/mol. The molecule has 0 saturated carbocycles. The minimum absolute atomic E-state index is 0. The lowest BCUT2D eigenvalue weighted by Crippen LogP contribution is -2.57. The van der Waals surface area contributed by atoms with Gasteiger partial charge in [-0.1, -0.05) is 12.1 Å². The van der Waals surface area contributed by atoms with Crippen LogP contribution < -0.4 is 5.32 Å². The van der Waals surface area contributed by atoms with Crippen LogP contribution in [0.4, 0.5) is 5.69 Å². The fraction of sp³-hybridized carbons (Fsp3) is 0.538. The maximum absolute atomic E-state index is 12.5. The fourth-order valence-corrected chi connectivity index (χ4v) is 4.26. The zero-order valence-corrected chi connectivity index (χ0v) is 14.1. The third-order valence-electron chi connectivity index (χ3n) is 3.83. The molecule has 0 aromatic heterocycles. The van der Waals surface area contributed by atoms with Gasteiger partial charge in [0.05, 0.1) is 10.7 Å². The summed E-state index contributed by atoms with van der Waals surface area (Å²) < 4.78 is 26.5. The smallest absolute Gasteiger partial charge is 0.269 e. The summed E-state index contributed by atoms with van der Waals surface area (Å²) in [7, 11) is -3.43. The first-order chi connectivity index (χ1) is 9.81. The molecule has 2 rings (SSSR count). The molecular weight excluding hydrogens is 330 g/mol. The van der Waals surface area contributed by atoms with Gasteiger partial charge in [-0.3, -0.25) is 10.1 Å². The first-order valence-corrected chi connectivity index (χ1v) is 8.38. The third kappa shape index (κ3) is 4.16. The van der Waals surface area contributed by atoms with Gasteiger partial charge in [0.15, 0.2) is 0 Å². The Morgan fingerprint density at radius 3 is 2.45 bits per heavy atom. The van der Waals surface area contributed by atoms with E-state index in [-0.39, 0.29) is 35.9 Å². The number of hydrogen-bond acceptors (Lipinski definition) is 5. The average Bonchev–Trinajstić information content (AvgIpc) is 2.41. The topological polar surface area (TPSA) is 92.6 Å². The number of nitro benzene ring substituents is 1. The van der Waals surface area contributed by atoms with Crippen LogP contribution in [-0.2, 0) is 15.8 Å². The lowest BCUT2D eigenvalue weighted by Gasteiger charge is -2.37. The van der Waals surface area contributed by atoms with E-state index in [1.54, 1.807) is 0 Å². The molecule has 124 valence electrons. The zero-order valence-electron chi connectivity index (χ0n) is 12.4. The second-order valence-corrected chi connectivity index (χ2v) is 7.20. The van der Waals surface area contributed by atoms with Crippen molar-refractivity contribution in [3.63, 3.8) is 0 Å². The highest BCUT2D eigenvalue weighted by molar-refractivity contribution is 7.88. The lowest BCUT2D eigenvalue weighted by molar-refractivity contribution is -0.384. The van der Waals surface area contributed by atoms with E-state index in [0.717, 1.165) is 0 Å². The Morgan fingerprint density at radius 2 is 1.91 bits per heavy atom. The van der Waals surface area contributed by atoms with Gasteiger partial charge in [0, 0.05) is 37.3 Å². The van der Waals surface area contributed by atoms with Crippen LogP contribution in [0, 0.1) is 10.1 Å². The second kappa shape index (κ2) is 7.36. The number of hydrogen-bond donors (Lipinski definition) is 1. The second-order valence-electron chi connectivity index (χ2n) is 5.27. The van der Waals surface area contributed by atoms with Crippen LogP contribution >= 0.6 is 12.4 Å². The van der Waals surface area contributed by atoms with Crippen LogP contribution in [-0.4, -0.2) is 42.8 Å². The summed E-state index contributed by atoms with van der Waals surface area (Å²) in [5.74, 6) is -0.137. The van der Waals surface area contributed by atoms with Crippen LogP contribution in [0.1, 0.15) is 19.4 Å². The van der Waals surface area contributed by atoms with Gasteiger partial charge in [-0.25, -0.2) is 8.42 Å². The lowest BCUT2D eigenvalue weighted by atomic mass is 10.1. The van der Waals surface area contributed by atoms with Crippen molar-refractivity contribution < 1.29 is 13.3 Å². The predicted molar refractivity (Wildman–Crippen MR) is 86.6 cm³/mol. The van der Waals surface area contributed by atoms with E-state index in [2.05, 4.69) is 5.32 Å². The summed E-state index contributed by atoms with van der Waals surface area (Å²) in [6.07, 6.45) is 0. The molecule has 7 nitrogen and oxygen atoms in total. The van der Waals surface area contributed by atoms with E-state index in [4.69, 9.17) is 0 Å². The van der Waals surface area contributed by atoms with Crippen molar-refractivity contribution in [3.05, 3.63) is 39.9 Å². The highest BCUT2D eigenvalue weighted by Gasteiger charge is 2.33. The number of nitrogens with zero attached hydrogens (tertiary/aromatic N) is 2. The fourth-order valence-electron chi connectivity index (χ4n) is 2.43. The van der Waals surface area contributed by atoms with Gasteiger partial charge in [-0.05, 0) is 19.4 Å². The summed E-state index contributed by atoms with van der Waals surface area (Å²) in [6, 6.07) is 5.63. The number of sulfonamides is 1. The number of non-ortho nitro benzene ring substituents is 1. The molecule has 2 atom stereocenters. The molecule has 0 aliphatic carbocycles. The molecule has 2 unspecified atom stereocenters. The van der Waals surface area contributed by atoms with Crippen LogP contribution in [0.3, 0.4) is 0 Å². The molecule has 0 bridgehead atoms. The first-order valence-electron chi connectivity index (χ1n) is 6.77. The first kappa shape index (κ1) is 18.8. The van der Waals surface area contributed by atoms with Crippen molar-refractivity contribution >= 4 is 28.1 Å². The van der Waals surface area contributed by atoms with Gasteiger partial charge in [0.25, 0.3) is 5.69 Å². The molecule has 0 amide bonds. The Bertz CT molecular complexity index is 621. The molecule has 0 spiro atoms. The van der Waals surface area contributed by atoms with Crippen molar-refractivity contribution in [2.24, 2.45) is 0 Å². The van der Waals surface area contributed by atoms with Crippen molar-refractivity contribution in [2.75, 3.05) is 13.1 Å². The summed E-state index contributed by atoms with van der Waals surface area (Å²) in [6.45, 7) is 4.91. The molecule has 1 heterocycles. The molecule has 1 aliphatic rings. The SMILES string of the molecule is CC1NCCN(S(=O)(=O)Cc2ccc([N+](=O)[O-])cc2)C1C.Cl. The predicted octanol–water partition coefficient (Wildman–Crippen LogP) is 1.53. The van der Waals surface area contributed by atoms with E-state index in [1.165, 1.54) is 28.6 Å². The standard InChI is InChI=1S/C13H19N3O4S.ClH/c1-10-11(2)15(8-7-14-10)21(19,20)9-12-3-5-13(6-4-12)16(17)18;/h3-6,10-11,14H,7-9H2,1-2H3;1H. The van der Waals surface area contributed by atoms with Crippen LogP contribution in [0.15, 0.2) is 24.3 Å². The van der Waals surface area contributed by atoms with Gasteiger partial charge in [0.2, 0.25) is 10.0 Å². The van der Waals surface area contributed by atoms with E-state index in [0.29, 0.717) is 18.7 Å². The number of piperazine rings is 1. The van der Waals surface area contributed by atoms with Gasteiger partial charge >= 0.3 is 0 Å². The van der Waals surface area contributed by atoms with Crippen LogP contribution in [0.2, 0.25) is 0 Å². The monoisotopic (exact) mass is 349 g/mol. The zero-order chi connectivity index (χ0) is 15.6. The molecule has 1 aromatic carbocycles. The number of benzene rings is 1. The molecular formula is C13H20ClN3O4S. The molecule has 0 radical (unpaired) electrons. The van der Waals surface area contributed by atoms with Crippen molar-refractivity contribution in [2.45, 2.75) is 31.7 Å². The molecule has 22 heavy (non-hydrogen) atoms. The van der Waals surface area contributed by atoms with Gasteiger partial charge < -0.3 is 5.32 Å². The quantitative estimate of drug-likeness (QED) is 0.657. The molecule has 1 aromatic rings. The van der Waals surface area contributed by atoms with Gasteiger partial charge in [0.1, 0.15) is 0 Å². The summed E-state index contributed by atoms with van der Waals surface area (Å²) in [4.78, 5) is 10.1. The largest absolute Gasteiger partial charge is 0.311 e. The van der Waals surface area contributed by atoms with E-state index >= 15 is 0 Å². The molecule has 9 heteroatoms. The number of nitrogens with one attached hydrogen (secondary N) is 1. The van der Waals surface area contributed by atoms with Gasteiger partial charge in [-0.2, -0.15) is 4.31 Å². The number of rotatable bonds is 4. The number of nitro groups is 1. The number of halogens is 1. The van der Waals surface area contributed by atoms with Gasteiger partial charge in [-0.15, -0.1) is 12.4 Å². The minimum atomic E-state index is -3.43. The Labute approximate surface area is 136 Å². The van der Waals surface area contributed by atoms with Crippen molar-refractivity contribution in [3.8, 4) is 0 Å². The Kier molecular flexibility index (Phi) is 6.30. The van der Waals surface area contributed by atoms with E-state index < -0.39 is 14.9 Å². The summed E-state index contributed by atoms with van der Waals surface area (Å²) in [5, 5.41) is 13.8.